The molecule has 2 rings (SSSR count). The van der Waals surface area contributed by atoms with Crippen molar-refractivity contribution in [2.24, 2.45) is 0 Å². The van der Waals surface area contributed by atoms with E-state index in [9.17, 15) is 20.3 Å². The molecule has 10 heteroatoms. The Morgan fingerprint density at radius 3 is 1.69 bits per heavy atom. The molecular formula is C16H20F4O4S2. The highest BCUT2D eigenvalue weighted by atomic mass is 32.3. The molecule has 0 aliphatic carbocycles. The highest BCUT2D eigenvalue weighted by Gasteiger charge is 2.22. The highest BCUT2D eigenvalue weighted by Crippen LogP contribution is 2.60. The normalized spacial score (nSPS) is 12.1. The summed E-state index contributed by atoms with van der Waals surface area (Å²) in [6.45, 7) is -0.986. The van der Waals surface area contributed by atoms with Crippen LogP contribution in [0.15, 0.2) is 70.5 Å². The van der Waals surface area contributed by atoms with Gasteiger partial charge in [0.15, 0.2) is 11.1 Å². The van der Waals surface area contributed by atoms with Crippen LogP contribution in [0.4, 0.5) is 16.0 Å². The van der Waals surface area contributed by atoms with E-state index in [4.69, 9.17) is 10.2 Å². The molecule has 2 aromatic carbocycles. The fourth-order valence-electron chi connectivity index (χ4n) is 1.28. The van der Waals surface area contributed by atoms with E-state index in [1.807, 2.05) is 6.07 Å². The summed E-state index contributed by atoms with van der Waals surface area (Å²) in [7, 11) is 0. The van der Waals surface area contributed by atoms with Crippen molar-refractivity contribution in [2.75, 3.05) is 26.5 Å². The Kier molecular flexibility index (Phi) is 13.9. The molecule has 1 atom stereocenters. The second-order valence-electron chi connectivity index (χ2n) is 4.23. The maximum absolute atomic E-state index is 11.9. The van der Waals surface area contributed by atoms with E-state index in [1.54, 1.807) is 30.3 Å². The van der Waals surface area contributed by atoms with Crippen molar-refractivity contribution in [3.63, 3.8) is 0 Å². The minimum absolute atomic E-state index is 0.124. The first-order valence-corrected chi connectivity index (χ1v) is 9.62. The summed E-state index contributed by atoms with van der Waals surface area (Å²) in [5.41, 5.74) is 0. The number of aliphatic hydroxyl groups excluding tert-OH is 2. The third-order valence-electron chi connectivity index (χ3n) is 2.31. The maximum atomic E-state index is 11.9. The predicted octanol–water partition coefficient (Wildman–Crippen LogP) is 4.17. The van der Waals surface area contributed by atoms with Crippen molar-refractivity contribution < 1.29 is 34.7 Å². The summed E-state index contributed by atoms with van der Waals surface area (Å²) >= 11 is -6.53. The molecule has 0 bridgehead atoms. The molecule has 0 saturated carbocycles. The number of rotatable bonds is 6. The van der Waals surface area contributed by atoms with Crippen molar-refractivity contribution in [1.82, 2.24) is 0 Å². The van der Waals surface area contributed by atoms with Crippen LogP contribution in [0, 0.1) is 0 Å². The van der Waals surface area contributed by atoms with Crippen LogP contribution in [-0.4, -0.2) is 40.9 Å². The summed E-state index contributed by atoms with van der Waals surface area (Å²) in [6, 6.07) is 15.2. The fraction of sp³-hybridized carbons (Fsp3) is 0.250. The van der Waals surface area contributed by atoms with E-state index in [1.165, 1.54) is 12.1 Å². The van der Waals surface area contributed by atoms with E-state index in [-0.39, 0.29) is 19.8 Å². The summed E-state index contributed by atoms with van der Waals surface area (Å²) in [5, 5.41) is 15.2. The molecular weight excluding hydrogens is 396 g/mol. The Morgan fingerprint density at radius 1 is 0.885 bits per heavy atom. The van der Waals surface area contributed by atoms with Crippen LogP contribution < -0.4 is 0 Å². The minimum Gasteiger partial charge on any atom is -0.394 e. The molecule has 1 unspecified atom stereocenters. The number of hydrogen-bond acceptors (Lipinski definition) is 4. The highest BCUT2D eigenvalue weighted by molar-refractivity contribution is 8.20. The van der Waals surface area contributed by atoms with Gasteiger partial charge in [-0.2, -0.15) is 0 Å². The molecule has 0 saturated heterocycles. The molecule has 2 N–H and O–H groups in total. The van der Waals surface area contributed by atoms with Gasteiger partial charge in [0.1, 0.15) is 6.67 Å². The van der Waals surface area contributed by atoms with Crippen LogP contribution in [0.1, 0.15) is 0 Å². The second-order valence-corrected chi connectivity index (χ2v) is 6.69. The molecule has 0 aliphatic rings. The Hall–Kier alpha value is -1.46. The predicted molar refractivity (Wildman–Crippen MR) is 94.6 cm³/mol. The zero-order valence-electron chi connectivity index (χ0n) is 13.6. The van der Waals surface area contributed by atoms with Gasteiger partial charge in [0.25, 0.3) is 0 Å². The van der Waals surface area contributed by atoms with Gasteiger partial charge in [-0.15, -0.1) is 11.7 Å². The molecule has 148 valence electrons. The topological polar surface area (TPSA) is 66.8 Å². The number of hydrogen-bond donors (Lipinski definition) is 2. The lowest BCUT2D eigenvalue weighted by atomic mass is 10.4. The Morgan fingerprint density at radius 2 is 1.35 bits per heavy atom. The number of aliphatic hydroxyl groups is 2. The van der Waals surface area contributed by atoms with Gasteiger partial charge in [-0.3, -0.25) is 4.18 Å². The van der Waals surface area contributed by atoms with E-state index in [2.05, 4.69) is 4.18 Å². The molecule has 0 amide bonds. The summed E-state index contributed by atoms with van der Waals surface area (Å²) in [4.78, 5) is 0.0425. The van der Waals surface area contributed by atoms with Crippen LogP contribution in [0.3, 0.4) is 0 Å². The first-order valence-electron chi connectivity index (χ1n) is 7.21. The first kappa shape index (κ1) is 24.5. The number of halogens is 4. The molecule has 0 aromatic heterocycles. The van der Waals surface area contributed by atoms with Crippen molar-refractivity contribution in [1.29, 1.82) is 0 Å². The van der Waals surface area contributed by atoms with Gasteiger partial charge < -0.3 is 10.2 Å². The van der Waals surface area contributed by atoms with E-state index >= 15 is 0 Å². The summed E-state index contributed by atoms with van der Waals surface area (Å²) in [6.07, 6.45) is 0. The van der Waals surface area contributed by atoms with Crippen molar-refractivity contribution in [2.45, 2.75) is 9.79 Å². The Balaban J connectivity index is 0.000000405. The third kappa shape index (κ3) is 12.0. The molecule has 0 aliphatic heterocycles. The van der Waals surface area contributed by atoms with E-state index < -0.39 is 33.8 Å². The molecule has 26 heavy (non-hydrogen) atoms. The lowest BCUT2D eigenvalue weighted by molar-refractivity contribution is 0.186. The van der Waals surface area contributed by atoms with Crippen LogP contribution >= 0.6 is 11.2 Å². The Bertz CT molecular complexity index is 596. The molecule has 0 fully saturated rings. The minimum atomic E-state index is -5.00. The smallest absolute Gasteiger partial charge is 0.237 e. The lowest BCUT2D eigenvalue weighted by Crippen LogP contribution is -2.00. The van der Waals surface area contributed by atoms with Crippen LogP contribution in [-0.2, 0) is 15.3 Å². The standard InChI is InChI=1S/C8H9FO2S.C6H5F3S.C2H6O2/c9-6-7-11-12(10)8-4-2-1-3-5-8;7-10(8,9)6-4-2-1-3-5-6;3-1-2-4/h1-5H,6-7H2;1-5H;3-4H,1-2H2. The van der Waals surface area contributed by atoms with E-state index in [0.29, 0.717) is 4.90 Å². The van der Waals surface area contributed by atoms with Gasteiger partial charge in [-0.05, 0) is 24.3 Å². The SMILES string of the molecule is FS(F)(F)c1ccccc1.O=S(OCCF)c1ccccc1.OCCO. The number of benzene rings is 2. The largest absolute Gasteiger partial charge is 0.394 e. The third-order valence-corrected chi connectivity index (χ3v) is 4.16. The molecule has 4 nitrogen and oxygen atoms in total. The van der Waals surface area contributed by atoms with Crippen molar-refractivity contribution >= 4 is 22.3 Å². The van der Waals surface area contributed by atoms with Crippen LogP contribution in [0.25, 0.3) is 0 Å². The Labute approximate surface area is 154 Å². The maximum Gasteiger partial charge on any atom is 0.237 e. The monoisotopic (exact) mass is 416 g/mol. The van der Waals surface area contributed by atoms with Crippen molar-refractivity contribution in [3.8, 4) is 0 Å². The fourth-order valence-corrected chi connectivity index (χ4v) is 2.48. The lowest BCUT2D eigenvalue weighted by Gasteiger charge is -2.07. The van der Waals surface area contributed by atoms with Gasteiger partial charge in [0.05, 0.1) is 29.6 Å². The van der Waals surface area contributed by atoms with Gasteiger partial charge >= 0.3 is 0 Å². The quantitative estimate of drug-likeness (QED) is 0.694. The summed E-state index contributed by atoms with van der Waals surface area (Å²) < 4.78 is 63.0. The van der Waals surface area contributed by atoms with Gasteiger partial charge in [-0.25, -0.2) is 8.60 Å². The average Bonchev–Trinajstić information content (AvgIpc) is 2.67. The summed E-state index contributed by atoms with van der Waals surface area (Å²) in [5.74, 6) is 0. The zero-order chi connectivity index (χ0) is 19.8. The van der Waals surface area contributed by atoms with Gasteiger partial charge in [-0.1, -0.05) is 36.4 Å². The molecule has 0 heterocycles. The van der Waals surface area contributed by atoms with Crippen LogP contribution in [0.5, 0.6) is 0 Å². The average molecular weight is 416 g/mol. The molecule has 0 spiro atoms. The van der Waals surface area contributed by atoms with Crippen molar-refractivity contribution in [3.05, 3.63) is 60.7 Å². The number of alkyl halides is 1. The zero-order valence-corrected chi connectivity index (χ0v) is 15.3. The first-order chi connectivity index (χ1) is 12.4. The van der Waals surface area contributed by atoms with Crippen LogP contribution in [0.2, 0.25) is 0 Å². The molecule has 0 radical (unpaired) electrons. The van der Waals surface area contributed by atoms with Gasteiger partial charge in [0.2, 0.25) is 11.2 Å². The second kappa shape index (κ2) is 14.7. The molecule has 2 aromatic rings. The van der Waals surface area contributed by atoms with E-state index in [0.717, 1.165) is 12.1 Å². The van der Waals surface area contributed by atoms with Gasteiger partial charge in [0, 0.05) is 0 Å².